The molecule has 1 aliphatic rings. The number of rotatable bonds is 4. The van der Waals surface area contributed by atoms with E-state index in [1.54, 1.807) is 0 Å². The van der Waals surface area contributed by atoms with E-state index in [0.717, 1.165) is 25.7 Å². The Kier molecular flexibility index (Phi) is 6.31. The van der Waals surface area contributed by atoms with E-state index >= 15 is 0 Å². The van der Waals surface area contributed by atoms with Gasteiger partial charge in [0.1, 0.15) is 0 Å². The zero-order valence-electron chi connectivity index (χ0n) is 10.3. The summed E-state index contributed by atoms with van der Waals surface area (Å²) in [7, 11) is 0. The molecule has 1 rings (SSSR count). The number of aliphatic hydroxyl groups excluding tert-OH is 1. The molecule has 102 valence electrons. The van der Waals surface area contributed by atoms with Crippen molar-refractivity contribution in [3.05, 3.63) is 0 Å². The van der Waals surface area contributed by atoms with Crippen molar-refractivity contribution in [1.82, 2.24) is 0 Å². The Balaban J connectivity index is 2.22. The van der Waals surface area contributed by atoms with Crippen molar-refractivity contribution in [2.45, 2.75) is 76.5 Å². The van der Waals surface area contributed by atoms with Gasteiger partial charge in [0.25, 0.3) is 0 Å². The minimum atomic E-state index is -4.08. The molecule has 0 radical (unpaired) electrons. The van der Waals surface area contributed by atoms with Gasteiger partial charge < -0.3 is 5.11 Å². The largest absolute Gasteiger partial charge is 0.393 e. The third-order valence-electron chi connectivity index (χ3n) is 3.65. The van der Waals surface area contributed by atoms with Crippen LogP contribution in [-0.2, 0) is 0 Å². The van der Waals surface area contributed by atoms with Crippen LogP contribution in [-0.4, -0.2) is 17.4 Å². The minimum Gasteiger partial charge on any atom is -0.393 e. The maximum absolute atomic E-state index is 12.0. The molecule has 1 nitrogen and oxygen atoms in total. The Morgan fingerprint density at radius 3 is 2.06 bits per heavy atom. The second-order valence-corrected chi connectivity index (χ2v) is 5.18. The molecule has 0 aromatic rings. The van der Waals surface area contributed by atoms with Crippen molar-refractivity contribution in [3.63, 3.8) is 0 Å². The van der Waals surface area contributed by atoms with Gasteiger partial charge in [0.15, 0.2) is 0 Å². The molecule has 1 saturated carbocycles. The van der Waals surface area contributed by atoms with E-state index in [-0.39, 0.29) is 12.3 Å². The Labute approximate surface area is 101 Å². The van der Waals surface area contributed by atoms with Gasteiger partial charge in [-0.05, 0) is 31.6 Å². The molecule has 1 unspecified atom stereocenters. The molecule has 1 N–H and O–H groups in total. The molecule has 0 saturated heterocycles. The highest BCUT2D eigenvalue weighted by Gasteiger charge is 2.27. The quantitative estimate of drug-likeness (QED) is 0.784. The number of halogens is 3. The molecule has 1 aliphatic carbocycles. The zero-order chi connectivity index (χ0) is 12.7. The van der Waals surface area contributed by atoms with E-state index in [4.69, 9.17) is 0 Å². The van der Waals surface area contributed by atoms with Crippen LogP contribution in [0.3, 0.4) is 0 Å². The van der Waals surface area contributed by atoms with Crippen LogP contribution < -0.4 is 0 Å². The second kappa shape index (κ2) is 7.24. The van der Waals surface area contributed by atoms with Crippen LogP contribution in [0.25, 0.3) is 0 Å². The van der Waals surface area contributed by atoms with Crippen molar-refractivity contribution in [1.29, 1.82) is 0 Å². The first-order chi connectivity index (χ1) is 7.99. The molecule has 0 heterocycles. The average molecular weight is 252 g/mol. The standard InChI is InChI=1S/C13H23F3O/c14-13(15,16)10-6-9-12(17)11-7-4-2-1-3-5-8-11/h11-12,17H,1-10H2. The van der Waals surface area contributed by atoms with Crippen molar-refractivity contribution in [2.75, 3.05) is 0 Å². The van der Waals surface area contributed by atoms with Gasteiger partial charge >= 0.3 is 6.18 Å². The maximum Gasteiger partial charge on any atom is 0.389 e. The highest BCUT2D eigenvalue weighted by molar-refractivity contribution is 4.72. The number of hydrogen-bond donors (Lipinski definition) is 1. The van der Waals surface area contributed by atoms with Crippen molar-refractivity contribution >= 4 is 0 Å². The monoisotopic (exact) mass is 252 g/mol. The summed E-state index contributed by atoms with van der Waals surface area (Å²) in [4.78, 5) is 0. The number of hydrogen-bond acceptors (Lipinski definition) is 1. The molecular weight excluding hydrogens is 229 g/mol. The highest BCUT2D eigenvalue weighted by atomic mass is 19.4. The normalized spacial score (nSPS) is 21.9. The summed E-state index contributed by atoms with van der Waals surface area (Å²) >= 11 is 0. The van der Waals surface area contributed by atoms with E-state index in [9.17, 15) is 18.3 Å². The second-order valence-electron chi connectivity index (χ2n) is 5.18. The van der Waals surface area contributed by atoms with Crippen LogP contribution in [0, 0.1) is 5.92 Å². The van der Waals surface area contributed by atoms with Gasteiger partial charge in [-0.2, -0.15) is 13.2 Å². The fourth-order valence-corrected chi connectivity index (χ4v) is 2.62. The van der Waals surface area contributed by atoms with E-state index in [1.165, 1.54) is 19.3 Å². The first-order valence-corrected chi connectivity index (χ1v) is 6.74. The lowest BCUT2D eigenvalue weighted by Gasteiger charge is -2.25. The Hall–Kier alpha value is -0.250. The van der Waals surface area contributed by atoms with E-state index in [1.807, 2.05) is 0 Å². The van der Waals surface area contributed by atoms with E-state index in [0.29, 0.717) is 6.42 Å². The fourth-order valence-electron chi connectivity index (χ4n) is 2.62. The van der Waals surface area contributed by atoms with Crippen molar-refractivity contribution in [2.24, 2.45) is 5.92 Å². The lowest BCUT2D eigenvalue weighted by atomic mass is 9.85. The van der Waals surface area contributed by atoms with Gasteiger partial charge in [-0.15, -0.1) is 0 Å². The summed E-state index contributed by atoms with van der Waals surface area (Å²) in [5.41, 5.74) is 0. The van der Waals surface area contributed by atoms with Crippen LogP contribution in [0.2, 0.25) is 0 Å². The smallest absolute Gasteiger partial charge is 0.389 e. The van der Waals surface area contributed by atoms with Crippen molar-refractivity contribution < 1.29 is 18.3 Å². The van der Waals surface area contributed by atoms with Gasteiger partial charge in [0.05, 0.1) is 6.10 Å². The molecule has 1 fully saturated rings. The van der Waals surface area contributed by atoms with E-state index < -0.39 is 18.7 Å². The molecule has 0 aromatic carbocycles. The third kappa shape index (κ3) is 6.92. The van der Waals surface area contributed by atoms with Gasteiger partial charge in [-0.1, -0.05) is 32.1 Å². The predicted molar refractivity (Wildman–Crippen MR) is 61.7 cm³/mol. The maximum atomic E-state index is 12.0. The summed E-state index contributed by atoms with van der Waals surface area (Å²) in [6.07, 6.45) is 2.81. The zero-order valence-corrected chi connectivity index (χ0v) is 10.3. The van der Waals surface area contributed by atoms with Gasteiger partial charge in [0, 0.05) is 6.42 Å². The van der Waals surface area contributed by atoms with Gasteiger partial charge in [0.2, 0.25) is 0 Å². The van der Waals surface area contributed by atoms with Crippen LogP contribution >= 0.6 is 0 Å². The number of aliphatic hydroxyl groups is 1. The molecule has 0 aliphatic heterocycles. The first kappa shape index (κ1) is 14.8. The molecule has 0 amide bonds. The molecule has 4 heteroatoms. The predicted octanol–water partition coefficient (Wildman–Crippen LogP) is 4.44. The molecule has 17 heavy (non-hydrogen) atoms. The molecule has 0 spiro atoms. The summed E-state index contributed by atoms with van der Waals surface area (Å²) in [6, 6.07) is 0. The minimum absolute atomic E-state index is 0.0567. The molecule has 1 atom stereocenters. The Bertz CT molecular complexity index is 195. The molecular formula is C13H23F3O. The van der Waals surface area contributed by atoms with Crippen LogP contribution in [0.15, 0.2) is 0 Å². The summed E-state index contributed by atoms with van der Waals surface area (Å²) in [6.45, 7) is 0. The average Bonchev–Trinajstić information content (AvgIpc) is 2.14. The highest BCUT2D eigenvalue weighted by Crippen LogP contribution is 2.28. The number of alkyl halides is 3. The van der Waals surface area contributed by atoms with Gasteiger partial charge in [-0.25, -0.2) is 0 Å². The molecule has 0 bridgehead atoms. The molecule has 0 aromatic heterocycles. The van der Waals surface area contributed by atoms with Crippen LogP contribution in [0.4, 0.5) is 13.2 Å². The Morgan fingerprint density at radius 1 is 1.00 bits per heavy atom. The Morgan fingerprint density at radius 2 is 1.53 bits per heavy atom. The van der Waals surface area contributed by atoms with Gasteiger partial charge in [-0.3, -0.25) is 0 Å². The van der Waals surface area contributed by atoms with Crippen molar-refractivity contribution in [3.8, 4) is 0 Å². The first-order valence-electron chi connectivity index (χ1n) is 6.74. The van der Waals surface area contributed by atoms with E-state index in [2.05, 4.69) is 0 Å². The topological polar surface area (TPSA) is 20.2 Å². The summed E-state index contributed by atoms with van der Waals surface area (Å²) in [5, 5.41) is 9.92. The lowest BCUT2D eigenvalue weighted by molar-refractivity contribution is -0.136. The van der Waals surface area contributed by atoms with Crippen LogP contribution in [0.1, 0.15) is 64.2 Å². The lowest BCUT2D eigenvalue weighted by Crippen LogP contribution is -2.22. The van der Waals surface area contributed by atoms with Crippen LogP contribution in [0.5, 0.6) is 0 Å². The third-order valence-corrected chi connectivity index (χ3v) is 3.65. The SMILES string of the molecule is OC(CCCC(F)(F)F)C1CCCCCCC1. The summed E-state index contributed by atoms with van der Waals surface area (Å²) in [5.74, 6) is 0.225. The summed E-state index contributed by atoms with van der Waals surface area (Å²) < 4.78 is 36.0. The fraction of sp³-hybridized carbons (Fsp3) is 1.00.